The first-order valence-corrected chi connectivity index (χ1v) is 9.56. The molecule has 3 nitrogen and oxygen atoms in total. The number of benzene rings is 2. The topological polar surface area (TPSA) is 27.1 Å². The highest BCUT2D eigenvalue weighted by Gasteiger charge is 2.23. The van der Waals surface area contributed by atoms with Crippen LogP contribution in [0.4, 0.5) is 0 Å². The molecule has 0 amide bonds. The van der Waals surface area contributed by atoms with Gasteiger partial charge in [0.05, 0.1) is 12.0 Å². The molecule has 0 radical (unpaired) electrons. The van der Waals surface area contributed by atoms with Gasteiger partial charge < -0.3 is 9.30 Å². The summed E-state index contributed by atoms with van der Waals surface area (Å²) in [4.78, 5) is 4.83. The third-order valence-corrected chi connectivity index (χ3v) is 5.40. The van der Waals surface area contributed by atoms with Crippen LogP contribution in [0.3, 0.4) is 0 Å². The molecule has 1 saturated heterocycles. The summed E-state index contributed by atoms with van der Waals surface area (Å²) in [6, 6.07) is 21.8. The zero-order valence-electron chi connectivity index (χ0n) is 15.3. The molecule has 2 aromatic carbocycles. The highest BCUT2D eigenvalue weighted by Crippen LogP contribution is 2.32. The molecular formula is C23H26N2O. The average Bonchev–Trinajstić information content (AvgIpc) is 3.13. The third kappa shape index (κ3) is 3.58. The van der Waals surface area contributed by atoms with Crippen molar-refractivity contribution < 1.29 is 4.74 Å². The molecule has 1 fully saturated rings. The summed E-state index contributed by atoms with van der Waals surface area (Å²) in [6.07, 6.45) is 5.17. The fourth-order valence-electron chi connectivity index (χ4n) is 3.89. The molecule has 2 heterocycles. The quantitative estimate of drug-likeness (QED) is 0.631. The van der Waals surface area contributed by atoms with E-state index in [1.54, 1.807) is 0 Å². The maximum absolute atomic E-state index is 5.57. The fourth-order valence-corrected chi connectivity index (χ4v) is 3.89. The molecule has 0 aliphatic carbocycles. The van der Waals surface area contributed by atoms with Crippen LogP contribution in [0.15, 0.2) is 67.0 Å². The van der Waals surface area contributed by atoms with Crippen LogP contribution in [0.25, 0.3) is 11.3 Å². The van der Waals surface area contributed by atoms with E-state index in [0.29, 0.717) is 12.0 Å². The van der Waals surface area contributed by atoms with Crippen LogP contribution in [0.1, 0.15) is 43.0 Å². The number of nitrogens with zero attached hydrogens (tertiary/aromatic N) is 2. The second-order valence-corrected chi connectivity index (χ2v) is 7.17. The van der Waals surface area contributed by atoms with Crippen molar-refractivity contribution in [2.45, 2.75) is 38.1 Å². The largest absolute Gasteiger partial charge is 0.381 e. The van der Waals surface area contributed by atoms with E-state index >= 15 is 0 Å². The van der Waals surface area contributed by atoms with E-state index in [-0.39, 0.29) is 0 Å². The van der Waals surface area contributed by atoms with Crippen LogP contribution in [-0.2, 0) is 11.2 Å². The van der Waals surface area contributed by atoms with Crippen molar-refractivity contribution in [2.24, 2.45) is 0 Å². The number of hydrogen-bond donors (Lipinski definition) is 0. The normalized spacial score (nSPS) is 16.5. The molecule has 134 valence electrons. The summed E-state index contributed by atoms with van der Waals surface area (Å²) in [5, 5.41) is 0. The number of ether oxygens (including phenoxy) is 1. The number of hydrogen-bond acceptors (Lipinski definition) is 2. The highest BCUT2D eigenvalue weighted by atomic mass is 16.5. The Labute approximate surface area is 155 Å². The molecule has 0 spiro atoms. The van der Waals surface area contributed by atoms with Crippen LogP contribution >= 0.6 is 0 Å². The molecule has 26 heavy (non-hydrogen) atoms. The number of aromatic nitrogens is 2. The molecule has 3 aromatic rings. The molecule has 1 aliphatic heterocycles. The van der Waals surface area contributed by atoms with Gasteiger partial charge in [-0.2, -0.15) is 0 Å². The van der Waals surface area contributed by atoms with Gasteiger partial charge in [0.25, 0.3) is 0 Å². The minimum absolute atomic E-state index is 0.453. The Morgan fingerprint density at radius 1 is 1.00 bits per heavy atom. The van der Waals surface area contributed by atoms with Crippen molar-refractivity contribution in [1.82, 2.24) is 9.55 Å². The highest BCUT2D eigenvalue weighted by molar-refractivity contribution is 5.62. The van der Waals surface area contributed by atoms with Crippen molar-refractivity contribution in [2.75, 3.05) is 13.2 Å². The smallest absolute Gasteiger partial charge is 0.0958 e. The molecule has 1 atom stereocenters. The maximum Gasteiger partial charge on any atom is 0.0958 e. The van der Waals surface area contributed by atoms with Gasteiger partial charge in [-0.3, -0.25) is 0 Å². The van der Waals surface area contributed by atoms with E-state index in [9.17, 15) is 0 Å². The van der Waals surface area contributed by atoms with E-state index in [1.165, 1.54) is 16.8 Å². The number of rotatable bonds is 5. The van der Waals surface area contributed by atoms with E-state index in [4.69, 9.17) is 9.72 Å². The lowest BCUT2D eigenvalue weighted by Crippen LogP contribution is -2.21. The first-order valence-electron chi connectivity index (χ1n) is 9.56. The monoisotopic (exact) mass is 346 g/mol. The zero-order chi connectivity index (χ0) is 17.8. The summed E-state index contributed by atoms with van der Waals surface area (Å²) in [5.74, 6) is 0.453. The molecule has 1 aromatic heterocycles. The van der Waals surface area contributed by atoms with Crippen LogP contribution in [0.2, 0.25) is 0 Å². The van der Waals surface area contributed by atoms with Gasteiger partial charge in [-0.1, -0.05) is 67.6 Å². The van der Waals surface area contributed by atoms with Crippen molar-refractivity contribution >= 4 is 0 Å². The second-order valence-electron chi connectivity index (χ2n) is 7.17. The van der Waals surface area contributed by atoms with Gasteiger partial charge >= 0.3 is 0 Å². The Bertz CT molecular complexity index is 820. The van der Waals surface area contributed by atoms with Gasteiger partial charge in [0.2, 0.25) is 0 Å². The Balaban J connectivity index is 1.70. The molecule has 3 heteroatoms. The average molecular weight is 346 g/mol. The van der Waals surface area contributed by atoms with E-state index < -0.39 is 0 Å². The lowest BCUT2D eigenvalue weighted by atomic mass is 9.94. The fraction of sp³-hybridized carbons (Fsp3) is 0.348. The molecule has 4 rings (SSSR count). The van der Waals surface area contributed by atoms with Crippen LogP contribution < -0.4 is 0 Å². The Hall–Kier alpha value is -2.39. The summed E-state index contributed by atoms with van der Waals surface area (Å²) in [6.45, 7) is 4.00. The maximum atomic E-state index is 5.57. The molecule has 0 bridgehead atoms. The minimum atomic E-state index is 0.453. The summed E-state index contributed by atoms with van der Waals surface area (Å²) in [7, 11) is 0. The van der Waals surface area contributed by atoms with Gasteiger partial charge in [-0.05, 0) is 30.7 Å². The van der Waals surface area contributed by atoms with Crippen molar-refractivity contribution in [1.29, 1.82) is 0 Å². The van der Waals surface area contributed by atoms with Gasteiger partial charge in [0, 0.05) is 30.5 Å². The van der Waals surface area contributed by atoms with Crippen LogP contribution in [0, 0.1) is 0 Å². The van der Waals surface area contributed by atoms with Crippen molar-refractivity contribution in [3.05, 3.63) is 78.2 Å². The lowest BCUT2D eigenvalue weighted by Gasteiger charge is -2.26. The summed E-state index contributed by atoms with van der Waals surface area (Å²) >= 11 is 0. The molecule has 0 N–H and O–H groups in total. The van der Waals surface area contributed by atoms with Crippen LogP contribution in [-0.4, -0.2) is 22.8 Å². The summed E-state index contributed by atoms with van der Waals surface area (Å²) in [5.41, 5.74) is 5.05. The predicted octanol–water partition coefficient (Wildman–Crippen LogP) is 5.25. The minimum Gasteiger partial charge on any atom is -0.381 e. The Morgan fingerprint density at radius 2 is 1.65 bits per heavy atom. The van der Waals surface area contributed by atoms with Gasteiger partial charge in [0.1, 0.15) is 0 Å². The Morgan fingerprint density at radius 3 is 2.35 bits per heavy atom. The SMILES string of the molecule is C[C@@H](Cc1c(-c2ccccc2)ncn1C1CCOCC1)c1ccccc1. The van der Waals surface area contributed by atoms with Crippen LogP contribution in [0.5, 0.6) is 0 Å². The van der Waals surface area contributed by atoms with E-state index in [0.717, 1.165) is 38.2 Å². The number of imidazole rings is 1. The second kappa shape index (κ2) is 7.88. The summed E-state index contributed by atoms with van der Waals surface area (Å²) < 4.78 is 7.99. The van der Waals surface area contributed by atoms with E-state index in [2.05, 4.69) is 72.2 Å². The zero-order valence-corrected chi connectivity index (χ0v) is 15.3. The standard InChI is InChI=1S/C23H26N2O/c1-18(19-8-4-2-5-9-19)16-22-23(20-10-6-3-7-11-20)24-17-25(22)21-12-14-26-15-13-21/h2-11,17-18,21H,12-16H2,1H3/t18-/m0/s1. The van der Waals surface area contributed by atoms with Gasteiger partial charge in [-0.15, -0.1) is 0 Å². The Kier molecular flexibility index (Phi) is 5.16. The van der Waals surface area contributed by atoms with Crippen molar-refractivity contribution in [3.63, 3.8) is 0 Å². The third-order valence-electron chi connectivity index (χ3n) is 5.40. The first kappa shape index (κ1) is 17.0. The van der Waals surface area contributed by atoms with Crippen molar-refractivity contribution in [3.8, 4) is 11.3 Å². The molecule has 0 saturated carbocycles. The van der Waals surface area contributed by atoms with Gasteiger partial charge in [-0.25, -0.2) is 4.98 Å². The lowest BCUT2D eigenvalue weighted by molar-refractivity contribution is 0.0688. The molecular weight excluding hydrogens is 320 g/mol. The first-order chi connectivity index (χ1) is 12.8. The predicted molar refractivity (Wildman–Crippen MR) is 105 cm³/mol. The van der Waals surface area contributed by atoms with E-state index in [1.807, 2.05) is 6.33 Å². The molecule has 1 aliphatic rings. The van der Waals surface area contributed by atoms with Gasteiger partial charge in [0.15, 0.2) is 0 Å². The molecule has 0 unspecified atom stereocenters.